The third kappa shape index (κ3) is 48.8. The quantitative estimate of drug-likeness (QED) is 0.0337. The molecule has 0 aromatic heterocycles. The number of rotatable bonds is 56. The zero-order valence-electron chi connectivity index (χ0n) is 49.1. The van der Waals surface area contributed by atoms with Crippen LogP contribution in [0.2, 0.25) is 0 Å². The molecule has 0 spiro atoms. The van der Waals surface area contributed by atoms with Crippen LogP contribution in [-0.2, 0) is 38.1 Å². The van der Waals surface area contributed by atoms with Crippen molar-refractivity contribution in [3.8, 4) is 0 Å². The highest BCUT2D eigenvalue weighted by molar-refractivity contribution is 5.92. The van der Waals surface area contributed by atoms with Gasteiger partial charge in [0.25, 0.3) is 0 Å². The molecule has 0 saturated carbocycles. The number of carbonyl (C=O) groups is 4. The third-order valence-corrected chi connectivity index (χ3v) is 14.5. The van der Waals surface area contributed by atoms with Crippen molar-refractivity contribution in [2.45, 2.75) is 349 Å². The number of ether oxygens (including phenoxy) is 4. The molecule has 0 atom stereocenters. The Kier molecular flexibility index (Phi) is 50.8. The van der Waals surface area contributed by atoms with E-state index in [0.717, 1.165) is 75.5 Å². The van der Waals surface area contributed by atoms with Crippen LogP contribution < -0.4 is 0 Å². The first-order valence-electron chi connectivity index (χ1n) is 31.6. The zero-order valence-corrected chi connectivity index (χ0v) is 49.1. The fourth-order valence-electron chi connectivity index (χ4n) is 9.83. The van der Waals surface area contributed by atoms with Gasteiger partial charge in [-0.05, 0) is 43.4 Å². The van der Waals surface area contributed by atoms with E-state index >= 15 is 0 Å². The summed E-state index contributed by atoms with van der Waals surface area (Å²) >= 11 is 0. The predicted molar refractivity (Wildman–Crippen MR) is 304 cm³/mol. The number of hydrogen-bond acceptors (Lipinski definition) is 8. The van der Waals surface area contributed by atoms with E-state index in [1.165, 1.54) is 205 Å². The van der Waals surface area contributed by atoms with Gasteiger partial charge >= 0.3 is 23.9 Å². The van der Waals surface area contributed by atoms with Crippen LogP contribution in [0.1, 0.15) is 344 Å². The van der Waals surface area contributed by atoms with E-state index in [-0.39, 0.29) is 26.2 Å². The average Bonchev–Trinajstić information content (AvgIpc) is 3.33. The van der Waals surface area contributed by atoms with Crippen LogP contribution in [0.15, 0.2) is 0 Å². The van der Waals surface area contributed by atoms with Crippen LogP contribution in [0.5, 0.6) is 0 Å². The standard InChI is InChI=1S/C64H122O8/c1-8-48-60(65)72-64(63(68)71-54-47-41-35-29-23-17-11-14-20-26-32-38-44-51-59(6)7,55-61(66)69-52-45-39-33-27-21-15-9-12-18-24-30-36-42-49-57(2)3)56-62(67)70-53-46-40-34-28-22-16-10-13-19-25-31-37-43-50-58(4)5/h57-59H,8-56H2,1-7H3. The van der Waals surface area contributed by atoms with Gasteiger partial charge in [-0.15, -0.1) is 0 Å². The molecule has 0 N–H and O–H groups in total. The number of esters is 4. The first-order valence-corrected chi connectivity index (χ1v) is 31.6. The van der Waals surface area contributed by atoms with Crippen molar-refractivity contribution < 1.29 is 38.1 Å². The van der Waals surface area contributed by atoms with E-state index in [0.29, 0.717) is 12.8 Å². The average molecular weight is 1020 g/mol. The van der Waals surface area contributed by atoms with E-state index < -0.39 is 42.3 Å². The van der Waals surface area contributed by atoms with Gasteiger partial charge in [0.15, 0.2) is 0 Å². The second-order valence-electron chi connectivity index (χ2n) is 23.5. The number of unbranched alkanes of at least 4 members (excludes halogenated alkanes) is 36. The van der Waals surface area contributed by atoms with Gasteiger partial charge in [-0.25, -0.2) is 4.79 Å². The Morgan fingerprint density at radius 3 is 0.764 bits per heavy atom. The molecule has 0 rings (SSSR count). The predicted octanol–water partition coefficient (Wildman–Crippen LogP) is 19.8. The lowest BCUT2D eigenvalue weighted by atomic mass is 9.94. The zero-order chi connectivity index (χ0) is 53.0. The van der Waals surface area contributed by atoms with Gasteiger partial charge in [0.1, 0.15) is 0 Å². The van der Waals surface area contributed by atoms with E-state index in [2.05, 4.69) is 41.5 Å². The van der Waals surface area contributed by atoms with Crippen LogP contribution in [0.25, 0.3) is 0 Å². The summed E-state index contributed by atoms with van der Waals surface area (Å²) in [6.45, 7) is 16.2. The number of hydrogen-bond donors (Lipinski definition) is 0. The second-order valence-corrected chi connectivity index (χ2v) is 23.5. The first kappa shape index (κ1) is 69.9. The molecule has 0 aliphatic rings. The molecular weight excluding hydrogens is 897 g/mol. The van der Waals surface area contributed by atoms with E-state index in [9.17, 15) is 19.2 Å². The van der Waals surface area contributed by atoms with Crippen molar-refractivity contribution in [1.29, 1.82) is 0 Å². The fraction of sp³-hybridized carbons (Fsp3) is 0.938. The lowest BCUT2D eigenvalue weighted by Gasteiger charge is -2.30. The minimum atomic E-state index is -2.13. The Labute approximate surface area is 447 Å². The summed E-state index contributed by atoms with van der Waals surface area (Å²) in [5.74, 6) is -0.418. The van der Waals surface area contributed by atoms with Crippen LogP contribution in [0.4, 0.5) is 0 Å². The summed E-state index contributed by atoms with van der Waals surface area (Å²) in [5.41, 5.74) is -2.13. The lowest BCUT2D eigenvalue weighted by molar-refractivity contribution is -0.191. The Balaban J connectivity index is 4.95. The maximum atomic E-state index is 14.0. The van der Waals surface area contributed by atoms with Gasteiger partial charge in [0.05, 0.1) is 32.7 Å². The Morgan fingerprint density at radius 1 is 0.306 bits per heavy atom. The maximum absolute atomic E-state index is 14.0. The highest BCUT2D eigenvalue weighted by Gasteiger charge is 2.49. The summed E-state index contributed by atoms with van der Waals surface area (Å²) in [7, 11) is 0. The van der Waals surface area contributed by atoms with E-state index in [4.69, 9.17) is 18.9 Å². The van der Waals surface area contributed by atoms with E-state index in [1.54, 1.807) is 0 Å². The topological polar surface area (TPSA) is 105 Å². The van der Waals surface area contributed by atoms with Crippen molar-refractivity contribution >= 4 is 23.9 Å². The minimum Gasteiger partial charge on any atom is -0.466 e. The van der Waals surface area contributed by atoms with E-state index in [1.807, 2.05) is 6.92 Å². The molecule has 0 bridgehead atoms. The SMILES string of the molecule is CCCC(=O)OC(CC(=O)OCCCCCCCCCCCCCCCC(C)C)(CC(=O)OCCCCCCCCCCCCCCCC(C)C)C(=O)OCCCCCCCCCCCCCCCC(C)C. The number of carbonyl (C=O) groups excluding carboxylic acids is 4. The molecule has 0 aromatic rings. The second kappa shape index (κ2) is 52.3. The normalized spacial score (nSPS) is 11.8. The summed E-state index contributed by atoms with van der Waals surface area (Å²) in [5, 5.41) is 0. The van der Waals surface area contributed by atoms with Crippen molar-refractivity contribution in [2.75, 3.05) is 19.8 Å². The molecule has 0 radical (unpaired) electrons. The highest BCUT2D eigenvalue weighted by atomic mass is 16.6. The smallest absolute Gasteiger partial charge is 0.351 e. The summed E-state index contributed by atoms with van der Waals surface area (Å²) in [4.78, 5) is 53.9. The van der Waals surface area contributed by atoms with Crippen LogP contribution >= 0.6 is 0 Å². The molecule has 0 aliphatic carbocycles. The molecule has 0 heterocycles. The lowest BCUT2D eigenvalue weighted by Crippen LogP contribution is -2.48. The van der Waals surface area contributed by atoms with Crippen molar-refractivity contribution in [2.24, 2.45) is 17.8 Å². The molecule has 0 amide bonds. The Bertz CT molecular complexity index is 1160. The van der Waals surface area contributed by atoms with Crippen LogP contribution in [-0.4, -0.2) is 49.3 Å². The molecule has 0 unspecified atom stereocenters. The summed E-state index contributed by atoms with van der Waals surface area (Å²) in [6.07, 6.45) is 50.9. The maximum Gasteiger partial charge on any atom is 0.351 e. The van der Waals surface area contributed by atoms with Crippen molar-refractivity contribution in [3.63, 3.8) is 0 Å². The first-order chi connectivity index (χ1) is 34.9. The Morgan fingerprint density at radius 2 is 0.528 bits per heavy atom. The molecule has 8 nitrogen and oxygen atoms in total. The molecule has 0 aliphatic heterocycles. The van der Waals surface area contributed by atoms with Gasteiger partial charge < -0.3 is 18.9 Å². The molecule has 72 heavy (non-hydrogen) atoms. The largest absolute Gasteiger partial charge is 0.466 e. The minimum absolute atomic E-state index is 0.0503. The van der Waals surface area contributed by atoms with Gasteiger partial charge in [-0.1, -0.05) is 299 Å². The monoisotopic (exact) mass is 1020 g/mol. The third-order valence-electron chi connectivity index (χ3n) is 14.5. The van der Waals surface area contributed by atoms with Crippen molar-refractivity contribution in [1.82, 2.24) is 0 Å². The van der Waals surface area contributed by atoms with Crippen LogP contribution in [0.3, 0.4) is 0 Å². The summed E-state index contributed by atoms with van der Waals surface area (Å²) < 4.78 is 22.8. The molecule has 0 saturated heterocycles. The molecule has 426 valence electrons. The highest BCUT2D eigenvalue weighted by Crippen LogP contribution is 2.27. The molecule has 0 aromatic carbocycles. The van der Waals surface area contributed by atoms with Crippen molar-refractivity contribution in [3.05, 3.63) is 0 Å². The van der Waals surface area contributed by atoms with Gasteiger partial charge in [0, 0.05) is 6.42 Å². The summed E-state index contributed by atoms with van der Waals surface area (Å²) in [6, 6.07) is 0. The molecular formula is C64H122O8. The fourth-order valence-corrected chi connectivity index (χ4v) is 9.83. The Hall–Kier alpha value is -2.12. The van der Waals surface area contributed by atoms with Crippen LogP contribution in [0, 0.1) is 17.8 Å². The van der Waals surface area contributed by atoms with Gasteiger partial charge in [-0.2, -0.15) is 0 Å². The van der Waals surface area contributed by atoms with Gasteiger partial charge in [0.2, 0.25) is 5.60 Å². The molecule has 8 heteroatoms. The molecule has 0 fully saturated rings. The van der Waals surface area contributed by atoms with Gasteiger partial charge in [-0.3, -0.25) is 14.4 Å².